The van der Waals surface area contributed by atoms with Crippen molar-refractivity contribution in [2.45, 2.75) is 32.7 Å². The molecule has 3 aromatic rings. The molecule has 0 aliphatic heterocycles. The standard InChI is InChI=1S/C19H20N2O2S/c1-13(2)14-7-9-15(10-8-14)20-18(22)11-12-21-16-5-3-4-6-17(16)24-19(21)23/h3-10,13H,11-12H2,1-2H3,(H,20,22). The van der Waals surface area contributed by atoms with Gasteiger partial charge in [0.05, 0.1) is 10.2 Å². The largest absolute Gasteiger partial charge is 0.326 e. The summed E-state index contributed by atoms with van der Waals surface area (Å²) in [5.41, 5.74) is 2.91. The van der Waals surface area contributed by atoms with Crippen LogP contribution in [0.5, 0.6) is 0 Å². The molecule has 5 heteroatoms. The van der Waals surface area contributed by atoms with Gasteiger partial charge >= 0.3 is 4.87 Å². The van der Waals surface area contributed by atoms with Gasteiger partial charge in [0.25, 0.3) is 0 Å². The van der Waals surface area contributed by atoms with E-state index in [0.29, 0.717) is 12.5 Å². The van der Waals surface area contributed by atoms with Crippen molar-refractivity contribution in [3.8, 4) is 0 Å². The van der Waals surface area contributed by atoms with E-state index in [0.717, 1.165) is 15.9 Å². The Bertz CT molecular complexity index is 907. The average molecular weight is 340 g/mol. The summed E-state index contributed by atoms with van der Waals surface area (Å²) < 4.78 is 2.62. The molecule has 0 aliphatic carbocycles. The zero-order valence-electron chi connectivity index (χ0n) is 13.8. The highest BCUT2D eigenvalue weighted by Crippen LogP contribution is 2.18. The lowest BCUT2D eigenvalue weighted by Gasteiger charge is -2.09. The van der Waals surface area contributed by atoms with E-state index in [-0.39, 0.29) is 17.2 Å². The number of hydrogen-bond acceptors (Lipinski definition) is 3. The monoisotopic (exact) mass is 340 g/mol. The van der Waals surface area contributed by atoms with Crippen LogP contribution in [0.2, 0.25) is 0 Å². The number of rotatable bonds is 5. The van der Waals surface area contributed by atoms with Gasteiger partial charge in [-0.25, -0.2) is 0 Å². The molecule has 1 amide bonds. The Hall–Kier alpha value is -2.40. The van der Waals surface area contributed by atoms with Gasteiger partial charge in [-0.15, -0.1) is 0 Å². The summed E-state index contributed by atoms with van der Waals surface area (Å²) in [6, 6.07) is 15.5. The predicted molar refractivity (Wildman–Crippen MR) is 99.9 cm³/mol. The molecule has 0 spiro atoms. The number of aromatic nitrogens is 1. The van der Waals surface area contributed by atoms with Crippen molar-refractivity contribution in [1.29, 1.82) is 0 Å². The topological polar surface area (TPSA) is 51.1 Å². The first-order valence-electron chi connectivity index (χ1n) is 8.03. The maximum Gasteiger partial charge on any atom is 0.308 e. The molecule has 0 atom stereocenters. The Labute approximate surface area is 144 Å². The summed E-state index contributed by atoms with van der Waals surface area (Å²) >= 11 is 1.21. The lowest BCUT2D eigenvalue weighted by Crippen LogP contribution is -2.19. The average Bonchev–Trinajstić information content (AvgIpc) is 2.88. The zero-order valence-corrected chi connectivity index (χ0v) is 14.6. The van der Waals surface area contributed by atoms with Gasteiger partial charge in [-0.05, 0) is 35.7 Å². The summed E-state index contributed by atoms with van der Waals surface area (Å²) in [7, 11) is 0. The molecule has 0 saturated carbocycles. The number of carbonyl (C=O) groups is 1. The van der Waals surface area contributed by atoms with Crippen molar-refractivity contribution in [2.24, 2.45) is 0 Å². The molecule has 1 aromatic heterocycles. The molecule has 0 unspecified atom stereocenters. The number of nitrogens with zero attached hydrogens (tertiary/aromatic N) is 1. The highest BCUT2D eigenvalue weighted by Gasteiger charge is 2.09. The van der Waals surface area contributed by atoms with E-state index in [2.05, 4.69) is 19.2 Å². The molecular formula is C19H20N2O2S. The van der Waals surface area contributed by atoms with Gasteiger partial charge in [-0.1, -0.05) is 49.4 Å². The second-order valence-electron chi connectivity index (χ2n) is 6.06. The van der Waals surface area contributed by atoms with Crippen LogP contribution in [-0.2, 0) is 11.3 Å². The third-order valence-corrected chi connectivity index (χ3v) is 4.96. The summed E-state index contributed by atoms with van der Waals surface area (Å²) in [5, 5.41) is 2.89. The fraction of sp³-hybridized carbons (Fsp3) is 0.263. The number of nitrogens with one attached hydrogen (secondary N) is 1. The molecule has 0 saturated heterocycles. The fourth-order valence-corrected chi connectivity index (χ4v) is 3.53. The molecular weight excluding hydrogens is 320 g/mol. The van der Waals surface area contributed by atoms with Crippen LogP contribution in [0, 0.1) is 0 Å². The number of benzene rings is 2. The van der Waals surface area contributed by atoms with E-state index in [9.17, 15) is 9.59 Å². The van der Waals surface area contributed by atoms with Crippen LogP contribution in [0.25, 0.3) is 10.2 Å². The van der Waals surface area contributed by atoms with Crippen LogP contribution in [0.1, 0.15) is 31.7 Å². The van der Waals surface area contributed by atoms with Crippen LogP contribution in [0.4, 0.5) is 5.69 Å². The summed E-state index contributed by atoms with van der Waals surface area (Å²) in [5.74, 6) is 0.378. The third-order valence-electron chi connectivity index (χ3n) is 4.00. The first-order valence-corrected chi connectivity index (χ1v) is 8.84. The summed E-state index contributed by atoms with van der Waals surface area (Å²) in [4.78, 5) is 24.2. The van der Waals surface area contributed by atoms with Gasteiger partial charge in [0.1, 0.15) is 0 Å². The smallest absolute Gasteiger partial charge is 0.308 e. The van der Waals surface area contributed by atoms with Gasteiger partial charge < -0.3 is 5.32 Å². The Balaban J connectivity index is 1.65. The molecule has 124 valence electrons. The second kappa shape index (κ2) is 7.01. The number of para-hydroxylation sites is 1. The maximum absolute atomic E-state index is 12.2. The minimum absolute atomic E-state index is 0.0229. The molecule has 1 N–H and O–H groups in total. The summed E-state index contributed by atoms with van der Waals surface area (Å²) in [6.45, 7) is 4.66. The minimum atomic E-state index is -0.0884. The third kappa shape index (κ3) is 3.57. The molecule has 0 aliphatic rings. The molecule has 1 heterocycles. The number of thiazole rings is 1. The molecule has 0 radical (unpaired) electrons. The van der Waals surface area contributed by atoms with Gasteiger partial charge in [0.2, 0.25) is 5.91 Å². The van der Waals surface area contributed by atoms with E-state index < -0.39 is 0 Å². The van der Waals surface area contributed by atoms with Crippen LogP contribution in [0.15, 0.2) is 53.3 Å². The SMILES string of the molecule is CC(C)c1ccc(NC(=O)CCn2c(=O)sc3ccccc32)cc1. The number of hydrogen-bond donors (Lipinski definition) is 1. The quantitative estimate of drug-likeness (QED) is 0.756. The minimum Gasteiger partial charge on any atom is -0.326 e. The Morgan fingerprint density at radius 3 is 2.54 bits per heavy atom. The first kappa shape index (κ1) is 16.5. The van der Waals surface area contributed by atoms with Gasteiger partial charge in [-0.2, -0.15) is 0 Å². The second-order valence-corrected chi connectivity index (χ2v) is 7.06. The van der Waals surface area contributed by atoms with Crippen LogP contribution >= 0.6 is 11.3 Å². The van der Waals surface area contributed by atoms with E-state index >= 15 is 0 Å². The molecule has 2 aromatic carbocycles. The van der Waals surface area contributed by atoms with E-state index in [1.165, 1.54) is 16.9 Å². The fourth-order valence-electron chi connectivity index (χ4n) is 2.61. The van der Waals surface area contributed by atoms with E-state index in [1.54, 1.807) is 4.57 Å². The number of aryl methyl sites for hydroxylation is 1. The summed E-state index contributed by atoms with van der Waals surface area (Å²) in [6.07, 6.45) is 0.270. The Kier molecular flexibility index (Phi) is 4.81. The van der Waals surface area contributed by atoms with Crippen molar-refractivity contribution < 1.29 is 4.79 Å². The molecule has 3 rings (SSSR count). The molecule has 0 fully saturated rings. The lowest BCUT2D eigenvalue weighted by atomic mass is 10.0. The van der Waals surface area contributed by atoms with Gasteiger partial charge in [-0.3, -0.25) is 14.2 Å². The number of carbonyl (C=O) groups excluding carboxylic acids is 1. The van der Waals surface area contributed by atoms with Gasteiger partial charge in [0, 0.05) is 18.7 Å². The Morgan fingerprint density at radius 1 is 1.12 bits per heavy atom. The van der Waals surface area contributed by atoms with E-state index in [4.69, 9.17) is 0 Å². The highest BCUT2D eigenvalue weighted by atomic mass is 32.1. The van der Waals surface area contributed by atoms with Crippen molar-refractivity contribution in [1.82, 2.24) is 4.57 Å². The number of fused-ring (bicyclic) bond motifs is 1. The van der Waals surface area contributed by atoms with Crippen molar-refractivity contribution in [3.63, 3.8) is 0 Å². The van der Waals surface area contributed by atoms with Crippen LogP contribution in [-0.4, -0.2) is 10.5 Å². The predicted octanol–water partition coefficient (Wildman–Crippen LogP) is 4.22. The van der Waals surface area contributed by atoms with Crippen molar-refractivity contribution in [2.75, 3.05) is 5.32 Å². The number of anilines is 1. The highest BCUT2D eigenvalue weighted by molar-refractivity contribution is 7.16. The molecule has 24 heavy (non-hydrogen) atoms. The van der Waals surface area contributed by atoms with E-state index in [1.807, 2.05) is 48.5 Å². The molecule has 4 nitrogen and oxygen atoms in total. The lowest BCUT2D eigenvalue weighted by molar-refractivity contribution is -0.116. The maximum atomic E-state index is 12.2. The van der Waals surface area contributed by atoms with Crippen molar-refractivity contribution in [3.05, 3.63) is 63.8 Å². The first-order chi connectivity index (χ1) is 11.5. The molecule has 0 bridgehead atoms. The van der Waals surface area contributed by atoms with Crippen LogP contribution in [0.3, 0.4) is 0 Å². The Morgan fingerprint density at radius 2 is 1.83 bits per heavy atom. The van der Waals surface area contributed by atoms with Crippen LogP contribution < -0.4 is 10.2 Å². The number of amides is 1. The zero-order chi connectivity index (χ0) is 17.1. The van der Waals surface area contributed by atoms with Gasteiger partial charge in [0.15, 0.2) is 0 Å². The van der Waals surface area contributed by atoms with Crippen molar-refractivity contribution >= 4 is 33.1 Å². The normalized spacial score (nSPS) is 11.1.